The molecule has 0 bridgehead atoms. The Morgan fingerprint density at radius 2 is 1.61 bits per heavy atom. The first-order valence-electron chi connectivity index (χ1n) is 10.8. The van der Waals surface area contributed by atoms with E-state index in [1.54, 1.807) is 24.3 Å². The lowest BCUT2D eigenvalue weighted by molar-refractivity contribution is -0.459. The maximum Gasteiger partial charge on any atom is 0.328 e. The molecule has 2 aliphatic heterocycles. The quantitative estimate of drug-likeness (QED) is 0.536. The first kappa shape index (κ1) is 22.7. The van der Waals surface area contributed by atoms with Crippen molar-refractivity contribution in [1.82, 2.24) is 9.62 Å². The first-order chi connectivity index (χ1) is 15.8. The van der Waals surface area contributed by atoms with Gasteiger partial charge in [0.25, 0.3) is 17.6 Å². The van der Waals surface area contributed by atoms with Crippen molar-refractivity contribution in [2.24, 2.45) is 0 Å². The summed E-state index contributed by atoms with van der Waals surface area (Å²) >= 11 is 0. The Kier molecular flexibility index (Phi) is 6.55. The van der Waals surface area contributed by atoms with Gasteiger partial charge in [-0.15, -0.1) is 0 Å². The van der Waals surface area contributed by atoms with Crippen LogP contribution in [0.5, 0.6) is 0 Å². The van der Waals surface area contributed by atoms with Crippen LogP contribution in [0.3, 0.4) is 0 Å². The van der Waals surface area contributed by atoms with Crippen molar-refractivity contribution in [1.29, 1.82) is 0 Å². The highest BCUT2D eigenvalue weighted by Crippen LogP contribution is 2.22. The standard InChI is InChI=1S/C23H24N4O5S/c28-21(13-15-27-22(29)18-6-3-4-7-19(18)23(27)30)25-16-9-11-17(12-10-16)33(31,32)26-20-8-2-1-5-14-24-20/h3-4,6-7,9-12H,1-2,5,8,13-15H2,(H,24,26)(H,25,28)/p+1. The molecule has 33 heavy (non-hydrogen) atoms. The zero-order chi connectivity index (χ0) is 23.4. The Morgan fingerprint density at radius 1 is 0.939 bits per heavy atom. The third-order valence-electron chi connectivity index (χ3n) is 5.59. The van der Waals surface area contributed by atoms with Crippen LogP contribution in [0.4, 0.5) is 5.69 Å². The highest BCUT2D eigenvalue weighted by Gasteiger charge is 2.35. The molecule has 0 saturated heterocycles. The van der Waals surface area contributed by atoms with Gasteiger partial charge in [-0.1, -0.05) is 12.1 Å². The molecule has 2 heterocycles. The van der Waals surface area contributed by atoms with Crippen LogP contribution in [0.1, 0.15) is 52.8 Å². The topological polar surface area (TPSA) is 127 Å². The van der Waals surface area contributed by atoms with Gasteiger partial charge in [-0.05, 0) is 55.7 Å². The zero-order valence-corrected chi connectivity index (χ0v) is 18.8. The van der Waals surface area contributed by atoms with Crippen LogP contribution in [-0.2, 0) is 14.8 Å². The summed E-state index contributed by atoms with van der Waals surface area (Å²) in [6, 6.07) is 12.4. The fourth-order valence-electron chi connectivity index (χ4n) is 3.84. The molecular formula is C23H25N4O5S+. The fraction of sp³-hybridized carbons (Fsp3) is 0.304. The summed E-state index contributed by atoms with van der Waals surface area (Å²) in [4.78, 5) is 41.3. The lowest BCUT2D eigenvalue weighted by Gasteiger charge is -2.13. The van der Waals surface area contributed by atoms with Crippen molar-refractivity contribution < 1.29 is 27.8 Å². The number of sulfonamides is 1. The zero-order valence-electron chi connectivity index (χ0n) is 18.0. The number of benzene rings is 2. The third-order valence-corrected chi connectivity index (χ3v) is 7.00. The maximum absolute atomic E-state index is 12.6. The molecule has 0 atom stereocenters. The second kappa shape index (κ2) is 9.53. The molecule has 0 radical (unpaired) electrons. The average Bonchev–Trinajstić information content (AvgIpc) is 2.95. The summed E-state index contributed by atoms with van der Waals surface area (Å²) < 4.78 is 27.8. The molecule has 172 valence electrons. The summed E-state index contributed by atoms with van der Waals surface area (Å²) in [5.74, 6) is -0.616. The van der Waals surface area contributed by atoms with Crippen LogP contribution in [0.15, 0.2) is 53.4 Å². The average molecular weight is 470 g/mol. The van der Waals surface area contributed by atoms with Crippen molar-refractivity contribution >= 4 is 39.3 Å². The van der Waals surface area contributed by atoms with Gasteiger partial charge in [-0.25, -0.2) is 0 Å². The number of fused-ring (bicyclic) bond motifs is 1. The highest BCUT2D eigenvalue weighted by molar-refractivity contribution is 7.90. The van der Waals surface area contributed by atoms with Gasteiger partial charge < -0.3 is 5.32 Å². The van der Waals surface area contributed by atoms with Crippen molar-refractivity contribution in [3.05, 3.63) is 59.7 Å². The van der Waals surface area contributed by atoms with Gasteiger partial charge in [0, 0.05) is 25.1 Å². The minimum atomic E-state index is -3.72. The number of nitrogens with zero attached hydrogens (tertiary/aromatic N) is 1. The molecule has 4 rings (SSSR count). The predicted octanol–water partition coefficient (Wildman–Crippen LogP) is 0.643. The molecule has 3 amide bonds. The Hall–Kier alpha value is -3.53. The van der Waals surface area contributed by atoms with E-state index < -0.39 is 27.7 Å². The number of amides is 3. The maximum atomic E-state index is 12.6. The molecule has 0 fully saturated rings. The Morgan fingerprint density at radius 3 is 2.27 bits per heavy atom. The van der Waals surface area contributed by atoms with Crippen LogP contribution in [-0.4, -0.2) is 50.0 Å². The normalized spacial score (nSPS) is 16.1. The number of anilines is 1. The Bertz CT molecular complexity index is 1190. The van der Waals surface area contributed by atoms with E-state index in [0.717, 1.165) is 30.7 Å². The van der Waals surface area contributed by atoms with E-state index in [2.05, 4.69) is 15.0 Å². The van der Waals surface area contributed by atoms with E-state index in [1.165, 1.54) is 24.3 Å². The summed E-state index contributed by atoms with van der Waals surface area (Å²) in [5, 5.41) is 2.66. The predicted molar refractivity (Wildman–Crippen MR) is 121 cm³/mol. The van der Waals surface area contributed by atoms with E-state index in [0.29, 0.717) is 29.1 Å². The first-order valence-corrected chi connectivity index (χ1v) is 12.3. The van der Waals surface area contributed by atoms with Crippen molar-refractivity contribution in [2.75, 3.05) is 18.4 Å². The number of nitrogens with one attached hydrogen (secondary N) is 3. The molecule has 2 aromatic rings. The fourth-order valence-corrected chi connectivity index (χ4v) is 4.95. The van der Waals surface area contributed by atoms with Crippen LogP contribution in [0, 0.1) is 0 Å². The molecule has 0 spiro atoms. The second-order valence-electron chi connectivity index (χ2n) is 7.95. The van der Waals surface area contributed by atoms with E-state index in [-0.39, 0.29) is 17.9 Å². The number of carbonyl (C=O) groups is 3. The monoisotopic (exact) mass is 469 g/mol. The van der Waals surface area contributed by atoms with Crippen molar-refractivity contribution in [2.45, 2.75) is 37.0 Å². The number of amidine groups is 1. The number of rotatable bonds is 6. The van der Waals surface area contributed by atoms with Crippen molar-refractivity contribution in [3.63, 3.8) is 0 Å². The molecule has 0 aliphatic carbocycles. The van der Waals surface area contributed by atoms with Crippen LogP contribution < -0.4 is 15.0 Å². The van der Waals surface area contributed by atoms with E-state index >= 15 is 0 Å². The number of imide groups is 1. The van der Waals surface area contributed by atoms with Gasteiger partial charge in [0.15, 0.2) is 0 Å². The molecule has 0 unspecified atom stereocenters. The van der Waals surface area contributed by atoms with E-state index in [9.17, 15) is 22.8 Å². The lowest BCUT2D eigenvalue weighted by atomic mass is 10.1. The molecule has 9 nitrogen and oxygen atoms in total. The molecule has 2 aliphatic rings. The molecular weight excluding hydrogens is 444 g/mol. The molecule has 2 aromatic carbocycles. The third kappa shape index (κ3) is 5.11. The lowest BCUT2D eigenvalue weighted by Crippen LogP contribution is -2.76. The molecule has 0 aromatic heterocycles. The summed E-state index contributed by atoms with van der Waals surface area (Å²) in [6.07, 6.45) is 3.57. The van der Waals surface area contributed by atoms with Crippen molar-refractivity contribution in [3.8, 4) is 0 Å². The Labute approximate surface area is 191 Å². The molecule has 10 heteroatoms. The van der Waals surface area contributed by atoms with Crippen LogP contribution >= 0.6 is 0 Å². The van der Waals surface area contributed by atoms with Gasteiger partial charge in [-0.3, -0.25) is 24.3 Å². The van der Waals surface area contributed by atoms with E-state index in [4.69, 9.17) is 0 Å². The highest BCUT2D eigenvalue weighted by atomic mass is 32.2. The SMILES string of the molecule is O=C(CCN1C(=O)c2ccccc2C1=O)Nc1ccc(S(=O)(=O)NC2=[NH+]CCCCC2)cc1. The van der Waals surface area contributed by atoms with Gasteiger partial charge in [-0.2, -0.15) is 13.1 Å². The second-order valence-corrected chi connectivity index (χ2v) is 9.63. The summed E-state index contributed by atoms with van der Waals surface area (Å²) in [5.41, 5.74) is 1.10. The smallest absolute Gasteiger partial charge is 0.326 e. The minimum Gasteiger partial charge on any atom is -0.326 e. The van der Waals surface area contributed by atoms with Crippen LogP contribution in [0.2, 0.25) is 0 Å². The largest absolute Gasteiger partial charge is 0.328 e. The summed E-state index contributed by atoms with van der Waals surface area (Å²) in [6.45, 7) is 0.698. The molecule has 0 saturated carbocycles. The number of hydrogen-bond acceptors (Lipinski definition) is 5. The van der Waals surface area contributed by atoms with Gasteiger partial charge in [0.1, 0.15) is 4.90 Å². The van der Waals surface area contributed by atoms with Gasteiger partial charge in [0.2, 0.25) is 5.91 Å². The number of hydrogen-bond donors (Lipinski definition) is 3. The number of carbonyl (C=O) groups excluding carboxylic acids is 3. The summed E-state index contributed by atoms with van der Waals surface area (Å²) in [7, 11) is -3.72. The van der Waals surface area contributed by atoms with E-state index in [1.807, 2.05) is 0 Å². The van der Waals surface area contributed by atoms with Crippen LogP contribution in [0.25, 0.3) is 0 Å². The van der Waals surface area contributed by atoms with Gasteiger partial charge in [0.05, 0.1) is 17.7 Å². The Balaban J connectivity index is 1.32. The molecule has 3 N–H and O–H groups in total. The minimum absolute atomic E-state index is 0.0415. The van der Waals surface area contributed by atoms with Gasteiger partial charge >= 0.3 is 10.0 Å².